The summed E-state index contributed by atoms with van der Waals surface area (Å²) >= 11 is 0. The molecule has 0 N–H and O–H groups in total. The zero-order valence-electron chi connectivity index (χ0n) is 12.2. The fraction of sp³-hybridized carbons (Fsp3) is 0.353. The second-order valence-corrected chi connectivity index (χ2v) is 5.64. The minimum absolute atomic E-state index is 0.122. The standard InChI is InChI=1S/C17H17NO3/c1-11-9-13(14-5-3-4-6-15(14)18-11)10-17(12(2)19)7-8-21-16(17)20/h3-6,9H,7-8,10H2,1-2H3. The zero-order valence-corrected chi connectivity index (χ0v) is 12.2. The first-order chi connectivity index (χ1) is 10.0. The molecule has 0 aliphatic carbocycles. The molecule has 2 heterocycles. The van der Waals surface area contributed by atoms with E-state index < -0.39 is 11.4 Å². The molecule has 4 heteroatoms. The molecular formula is C17H17NO3. The maximum absolute atomic E-state index is 12.1. The molecule has 1 unspecified atom stereocenters. The monoisotopic (exact) mass is 283 g/mol. The number of aryl methyl sites for hydroxylation is 1. The van der Waals surface area contributed by atoms with E-state index >= 15 is 0 Å². The van der Waals surface area contributed by atoms with E-state index in [2.05, 4.69) is 4.98 Å². The number of para-hydroxylation sites is 1. The molecule has 0 amide bonds. The second-order valence-electron chi connectivity index (χ2n) is 5.64. The summed E-state index contributed by atoms with van der Waals surface area (Å²) in [4.78, 5) is 28.7. The van der Waals surface area contributed by atoms with Gasteiger partial charge in [-0.2, -0.15) is 0 Å². The molecule has 3 rings (SSSR count). The number of rotatable bonds is 3. The largest absolute Gasteiger partial charge is 0.465 e. The van der Waals surface area contributed by atoms with Gasteiger partial charge >= 0.3 is 5.97 Å². The van der Waals surface area contributed by atoms with E-state index in [1.165, 1.54) is 6.92 Å². The van der Waals surface area contributed by atoms with Crippen LogP contribution in [-0.4, -0.2) is 23.3 Å². The third-order valence-corrected chi connectivity index (χ3v) is 4.25. The summed E-state index contributed by atoms with van der Waals surface area (Å²) in [5.41, 5.74) is 1.72. The molecule has 0 bridgehead atoms. The molecule has 4 nitrogen and oxygen atoms in total. The van der Waals surface area contributed by atoms with Crippen molar-refractivity contribution in [2.24, 2.45) is 5.41 Å². The van der Waals surface area contributed by atoms with Crippen LogP contribution in [0.3, 0.4) is 0 Å². The highest BCUT2D eigenvalue weighted by Crippen LogP contribution is 2.36. The smallest absolute Gasteiger partial charge is 0.320 e. The van der Waals surface area contributed by atoms with Crippen LogP contribution >= 0.6 is 0 Å². The van der Waals surface area contributed by atoms with Gasteiger partial charge in [-0.05, 0) is 38.0 Å². The van der Waals surface area contributed by atoms with Gasteiger partial charge in [0, 0.05) is 17.5 Å². The van der Waals surface area contributed by atoms with Crippen LogP contribution in [0.2, 0.25) is 0 Å². The summed E-state index contributed by atoms with van der Waals surface area (Å²) in [6.45, 7) is 3.71. The van der Waals surface area contributed by atoms with E-state index in [0.29, 0.717) is 19.4 Å². The van der Waals surface area contributed by atoms with Gasteiger partial charge in [0.2, 0.25) is 0 Å². The first-order valence-electron chi connectivity index (χ1n) is 7.06. The molecular weight excluding hydrogens is 266 g/mol. The number of nitrogens with zero attached hydrogens (tertiary/aromatic N) is 1. The Morgan fingerprint density at radius 3 is 2.81 bits per heavy atom. The molecule has 1 aromatic heterocycles. The molecule has 2 aromatic rings. The lowest BCUT2D eigenvalue weighted by molar-refractivity contribution is -0.150. The highest BCUT2D eigenvalue weighted by Gasteiger charge is 2.48. The maximum Gasteiger partial charge on any atom is 0.320 e. The van der Waals surface area contributed by atoms with Crippen molar-refractivity contribution in [3.63, 3.8) is 0 Å². The van der Waals surface area contributed by atoms with Gasteiger partial charge in [-0.3, -0.25) is 14.6 Å². The molecule has 21 heavy (non-hydrogen) atoms. The molecule has 1 aromatic carbocycles. The van der Waals surface area contributed by atoms with Crippen LogP contribution in [0.15, 0.2) is 30.3 Å². The number of benzene rings is 1. The van der Waals surface area contributed by atoms with E-state index in [-0.39, 0.29) is 5.78 Å². The van der Waals surface area contributed by atoms with Crippen LogP contribution in [0.1, 0.15) is 24.6 Å². The number of cyclic esters (lactones) is 1. The van der Waals surface area contributed by atoms with E-state index in [1.54, 1.807) is 0 Å². The van der Waals surface area contributed by atoms with Gasteiger partial charge in [-0.15, -0.1) is 0 Å². The van der Waals surface area contributed by atoms with Gasteiger partial charge in [0.05, 0.1) is 12.1 Å². The first-order valence-corrected chi connectivity index (χ1v) is 7.06. The Labute approximate surface area is 123 Å². The average molecular weight is 283 g/mol. The van der Waals surface area contributed by atoms with Gasteiger partial charge < -0.3 is 4.74 Å². The number of hydrogen-bond acceptors (Lipinski definition) is 4. The molecule has 1 atom stereocenters. The number of carbonyl (C=O) groups is 2. The lowest BCUT2D eigenvalue weighted by atomic mass is 9.76. The van der Waals surface area contributed by atoms with Crippen molar-refractivity contribution in [2.75, 3.05) is 6.61 Å². The Hall–Kier alpha value is -2.23. The van der Waals surface area contributed by atoms with Crippen molar-refractivity contribution in [3.05, 3.63) is 41.6 Å². The number of ketones is 1. The van der Waals surface area contributed by atoms with Crippen LogP contribution in [0.25, 0.3) is 10.9 Å². The topological polar surface area (TPSA) is 56.3 Å². The van der Waals surface area contributed by atoms with Crippen LogP contribution < -0.4 is 0 Å². The number of aromatic nitrogens is 1. The van der Waals surface area contributed by atoms with Gasteiger partial charge in [0.1, 0.15) is 11.2 Å². The van der Waals surface area contributed by atoms with Crippen LogP contribution in [-0.2, 0) is 20.7 Å². The number of pyridine rings is 1. The van der Waals surface area contributed by atoms with Crippen molar-refractivity contribution in [1.82, 2.24) is 4.98 Å². The number of hydrogen-bond donors (Lipinski definition) is 0. The van der Waals surface area contributed by atoms with Gasteiger partial charge in [0.15, 0.2) is 0 Å². The maximum atomic E-state index is 12.1. The summed E-state index contributed by atoms with van der Waals surface area (Å²) < 4.78 is 5.07. The van der Waals surface area contributed by atoms with Crippen molar-refractivity contribution >= 4 is 22.7 Å². The van der Waals surface area contributed by atoms with Gasteiger partial charge in [-0.25, -0.2) is 0 Å². The predicted octanol–water partition coefficient (Wildman–Crippen LogP) is 2.61. The molecule has 1 fully saturated rings. The summed E-state index contributed by atoms with van der Waals surface area (Å²) in [5.74, 6) is -0.517. The minimum Gasteiger partial charge on any atom is -0.465 e. The van der Waals surface area contributed by atoms with Gasteiger partial charge in [-0.1, -0.05) is 18.2 Å². The molecule has 108 valence electrons. The summed E-state index contributed by atoms with van der Waals surface area (Å²) in [6.07, 6.45) is 0.835. The van der Waals surface area contributed by atoms with Crippen molar-refractivity contribution in [3.8, 4) is 0 Å². The molecule has 0 spiro atoms. The Morgan fingerprint density at radius 2 is 2.14 bits per heavy atom. The molecule has 1 aliphatic heterocycles. The number of carbonyl (C=O) groups excluding carboxylic acids is 2. The lowest BCUT2D eigenvalue weighted by Crippen LogP contribution is -2.36. The van der Waals surface area contributed by atoms with Crippen molar-refractivity contribution in [2.45, 2.75) is 26.7 Å². The lowest BCUT2D eigenvalue weighted by Gasteiger charge is -2.22. The number of Topliss-reactive ketones (excluding diaryl/α,β-unsaturated/α-hetero) is 1. The Balaban J connectivity index is 2.12. The van der Waals surface area contributed by atoms with E-state index in [4.69, 9.17) is 4.74 Å². The quantitative estimate of drug-likeness (QED) is 0.642. The van der Waals surface area contributed by atoms with Crippen LogP contribution in [0.5, 0.6) is 0 Å². The van der Waals surface area contributed by atoms with Crippen LogP contribution in [0, 0.1) is 12.3 Å². The summed E-state index contributed by atoms with van der Waals surface area (Å²) in [5, 5.41) is 0.989. The highest BCUT2D eigenvalue weighted by molar-refractivity contribution is 6.04. The minimum atomic E-state index is -1.03. The Kier molecular flexibility index (Phi) is 3.24. The number of fused-ring (bicyclic) bond motifs is 1. The number of ether oxygens (including phenoxy) is 1. The van der Waals surface area contributed by atoms with Crippen molar-refractivity contribution in [1.29, 1.82) is 0 Å². The second kappa shape index (κ2) is 4.95. The first kappa shape index (κ1) is 13.7. The Bertz CT molecular complexity index is 738. The molecule has 0 radical (unpaired) electrons. The predicted molar refractivity (Wildman–Crippen MR) is 78.9 cm³/mol. The average Bonchev–Trinajstić information content (AvgIpc) is 2.81. The fourth-order valence-corrected chi connectivity index (χ4v) is 3.03. The van der Waals surface area contributed by atoms with E-state index in [9.17, 15) is 9.59 Å². The summed E-state index contributed by atoms with van der Waals surface area (Å²) in [7, 11) is 0. The highest BCUT2D eigenvalue weighted by atomic mass is 16.5. The fourth-order valence-electron chi connectivity index (χ4n) is 3.03. The van der Waals surface area contributed by atoms with Crippen molar-refractivity contribution < 1.29 is 14.3 Å². The van der Waals surface area contributed by atoms with Crippen LogP contribution in [0.4, 0.5) is 0 Å². The molecule has 0 saturated carbocycles. The SMILES string of the molecule is CC(=O)C1(Cc2cc(C)nc3ccccc23)CCOC1=O. The number of esters is 1. The molecule has 1 saturated heterocycles. The normalized spacial score (nSPS) is 21.5. The third-order valence-electron chi connectivity index (χ3n) is 4.25. The Morgan fingerprint density at radius 1 is 1.38 bits per heavy atom. The van der Waals surface area contributed by atoms with E-state index in [1.807, 2.05) is 37.3 Å². The zero-order chi connectivity index (χ0) is 15.0. The third kappa shape index (κ3) is 2.20. The summed E-state index contributed by atoms with van der Waals surface area (Å²) in [6, 6.07) is 9.75. The van der Waals surface area contributed by atoms with E-state index in [0.717, 1.165) is 22.2 Å². The molecule has 1 aliphatic rings. The van der Waals surface area contributed by atoms with Gasteiger partial charge in [0.25, 0.3) is 0 Å².